The van der Waals surface area contributed by atoms with Gasteiger partial charge in [-0.15, -0.1) is 0 Å². The fourth-order valence-corrected chi connectivity index (χ4v) is 3.57. The third-order valence-electron chi connectivity index (χ3n) is 3.68. The number of benzene rings is 2. The number of nitrogens with one attached hydrogen (secondary N) is 1. The first kappa shape index (κ1) is 17.3. The molecule has 23 heavy (non-hydrogen) atoms. The summed E-state index contributed by atoms with van der Waals surface area (Å²) in [7, 11) is -0.446. The molecule has 0 aliphatic heterocycles. The van der Waals surface area contributed by atoms with Crippen molar-refractivity contribution in [3.8, 4) is 11.5 Å². The number of sulfonamides is 1. The Hall–Kier alpha value is -2.05. The standard InChI is InChI=1S/C17H21NO4S/c1-12-7-5-6-8-17(12)23(19,20)18-11-14-10-16(22-4)15(21-3)9-13(14)2/h5-10,18H,11H2,1-4H3. The van der Waals surface area contributed by atoms with E-state index in [9.17, 15) is 8.42 Å². The molecule has 0 aliphatic carbocycles. The predicted molar refractivity (Wildman–Crippen MR) is 89.5 cm³/mol. The smallest absolute Gasteiger partial charge is 0.241 e. The van der Waals surface area contributed by atoms with Crippen molar-refractivity contribution in [3.05, 3.63) is 53.1 Å². The summed E-state index contributed by atoms with van der Waals surface area (Å²) in [6.45, 7) is 3.86. The van der Waals surface area contributed by atoms with E-state index in [1.165, 1.54) is 0 Å². The van der Waals surface area contributed by atoms with E-state index in [1.54, 1.807) is 45.4 Å². The van der Waals surface area contributed by atoms with E-state index < -0.39 is 10.0 Å². The molecule has 2 rings (SSSR count). The van der Waals surface area contributed by atoms with Crippen molar-refractivity contribution >= 4 is 10.0 Å². The average molecular weight is 335 g/mol. The number of rotatable bonds is 6. The Balaban J connectivity index is 2.26. The molecule has 0 saturated carbocycles. The summed E-state index contributed by atoms with van der Waals surface area (Å²) in [6.07, 6.45) is 0. The van der Waals surface area contributed by atoms with Gasteiger partial charge >= 0.3 is 0 Å². The molecule has 0 bridgehead atoms. The number of hydrogen-bond acceptors (Lipinski definition) is 4. The Labute approximate surface area is 137 Å². The lowest BCUT2D eigenvalue weighted by Crippen LogP contribution is -2.24. The lowest BCUT2D eigenvalue weighted by molar-refractivity contribution is 0.354. The molecule has 124 valence electrons. The van der Waals surface area contributed by atoms with E-state index in [0.29, 0.717) is 17.1 Å². The fraction of sp³-hybridized carbons (Fsp3) is 0.294. The van der Waals surface area contributed by atoms with Gasteiger partial charge in [-0.1, -0.05) is 18.2 Å². The third-order valence-corrected chi connectivity index (χ3v) is 5.24. The van der Waals surface area contributed by atoms with E-state index in [4.69, 9.17) is 9.47 Å². The largest absolute Gasteiger partial charge is 0.493 e. The summed E-state index contributed by atoms with van der Waals surface area (Å²) in [4.78, 5) is 0.290. The molecular formula is C17H21NO4S. The maximum atomic E-state index is 12.4. The molecule has 0 aliphatic rings. The minimum atomic E-state index is -3.56. The van der Waals surface area contributed by atoms with E-state index in [1.807, 2.05) is 19.1 Å². The van der Waals surface area contributed by atoms with Crippen molar-refractivity contribution in [2.24, 2.45) is 0 Å². The molecule has 6 heteroatoms. The van der Waals surface area contributed by atoms with Gasteiger partial charge in [0, 0.05) is 6.54 Å². The number of ether oxygens (including phenoxy) is 2. The van der Waals surface area contributed by atoms with Crippen LogP contribution in [0.3, 0.4) is 0 Å². The van der Waals surface area contributed by atoms with Gasteiger partial charge in [0.2, 0.25) is 10.0 Å². The Morgan fingerprint density at radius 1 is 0.957 bits per heavy atom. The lowest BCUT2D eigenvalue weighted by Gasteiger charge is -2.14. The van der Waals surface area contributed by atoms with E-state index in [0.717, 1.165) is 11.1 Å². The van der Waals surface area contributed by atoms with Crippen LogP contribution in [0.25, 0.3) is 0 Å². The maximum absolute atomic E-state index is 12.4. The van der Waals surface area contributed by atoms with Crippen LogP contribution in [-0.2, 0) is 16.6 Å². The molecule has 0 atom stereocenters. The van der Waals surface area contributed by atoms with Gasteiger partial charge in [-0.25, -0.2) is 13.1 Å². The number of hydrogen-bond donors (Lipinski definition) is 1. The molecule has 0 aromatic heterocycles. The van der Waals surface area contributed by atoms with Gasteiger partial charge in [-0.2, -0.15) is 0 Å². The van der Waals surface area contributed by atoms with Crippen LogP contribution in [0.1, 0.15) is 16.7 Å². The minimum absolute atomic E-state index is 0.183. The summed E-state index contributed by atoms with van der Waals surface area (Å²) in [5, 5.41) is 0. The predicted octanol–water partition coefficient (Wildman–Crippen LogP) is 2.80. The molecule has 0 heterocycles. The van der Waals surface area contributed by atoms with Gasteiger partial charge in [0.25, 0.3) is 0 Å². The summed E-state index contributed by atoms with van der Waals surface area (Å²) in [6, 6.07) is 10.5. The van der Waals surface area contributed by atoms with Crippen LogP contribution in [0.5, 0.6) is 11.5 Å². The molecule has 0 unspecified atom stereocenters. The van der Waals surface area contributed by atoms with Gasteiger partial charge in [-0.3, -0.25) is 0 Å². The van der Waals surface area contributed by atoms with E-state index >= 15 is 0 Å². The first-order valence-electron chi connectivity index (χ1n) is 7.16. The number of aryl methyl sites for hydroxylation is 2. The van der Waals surface area contributed by atoms with Crippen molar-refractivity contribution in [1.29, 1.82) is 0 Å². The summed E-state index contributed by atoms with van der Waals surface area (Å²) in [5.74, 6) is 1.19. The highest BCUT2D eigenvalue weighted by atomic mass is 32.2. The van der Waals surface area contributed by atoms with Crippen LogP contribution in [0.4, 0.5) is 0 Å². The molecule has 0 spiro atoms. The second-order valence-corrected chi connectivity index (χ2v) is 6.96. The van der Waals surface area contributed by atoms with Crippen molar-refractivity contribution in [3.63, 3.8) is 0 Å². The van der Waals surface area contributed by atoms with Crippen LogP contribution < -0.4 is 14.2 Å². The maximum Gasteiger partial charge on any atom is 0.241 e. The second-order valence-electron chi connectivity index (χ2n) is 5.22. The zero-order valence-corrected chi connectivity index (χ0v) is 14.5. The topological polar surface area (TPSA) is 64.6 Å². The van der Waals surface area contributed by atoms with Gasteiger partial charge in [-0.05, 0) is 48.7 Å². The van der Waals surface area contributed by atoms with E-state index in [-0.39, 0.29) is 11.4 Å². The van der Waals surface area contributed by atoms with Gasteiger partial charge < -0.3 is 9.47 Å². The zero-order valence-electron chi connectivity index (χ0n) is 13.7. The third kappa shape index (κ3) is 3.83. The summed E-state index contributed by atoms with van der Waals surface area (Å²) >= 11 is 0. The van der Waals surface area contributed by atoms with Crippen LogP contribution in [0.2, 0.25) is 0 Å². The highest BCUT2D eigenvalue weighted by Crippen LogP contribution is 2.30. The normalized spacial score (nSPS) is 11.3. The number of methoxy groups -OCH3 is 2. The molecule has 0 radical (unpaired) electrons. The zero-order chi connectivity index (χ0) is 17.0. The van der Waals surface area contributed by atoms with Crippen molar-refractivity contribution in [2.75, 3.05) is 14.2 Å². The monoisotopic (exact) mass is 335 g/mol. The quantitative estimate of drug-likeness (QED) is 0.882. The lowest BCUT2D eigenvalue weighted by atomic mass is 10.1. The van der Waals surface area contributed by atoms with Crippen LogP contribution >= 0.6 is 0 Å². The molecular weight excluding hydrogens is 314 g/mol. The molecule has 0 amide bonds. The molecule has 2 aromatic carbocycles. The van der Waals surface area contributed by atoms with Crippen LogP contribution in [-0.4, -0.2) is 22.6 Å². The Morgan fingerprint density at radius 2 is 1.57 bits per heavy atom. The fourth-order valence-electron chi connectivity index (χ4n) is 2.32. The highest BCUT2D eigenvalue weighted by molar-refractivity contribution is 7.89. The molecule has 1 N–H and O–H groups in total. The molecule has 2 aromatic rings. The van der Waals surface area contributed by atoms with E-state index in [2.05, 4.69) is 4.72 Å². The summed E-state index contributed by atoms with van der Waals surface area (Å²) in [5.41, 5.74) is 2.47. The Morgan fingerprint density at radius 3 is 2.17 bits per heavy atom. The van der Waals surface area contributed by atoms with Crippen molar-refractivity contribution in [1.82, 2.24) is 4.72 Å². The molecule has 0 fully saturated rings. The Bertz CT molecular complexity index is 800. The van der Waals surface area contributed by atoms with Gasteiger partial charge in [0.1, 0.15) is 0 Å². The minimum Gasteiger partial charge on any atom is -0.493 e. The molecule has 5 nitrogen and oxygen atoms in total. The molecule has 0 saturated heterocycles. The summed E-state index contributed by atoms with van der Waals surface area (Å²) < 4.78 is 38.0. The SMILES string of the molecule is COc1cc(C)c(CNS(=O)(=O)c2ccccc2C)cc1OC. The average Bonchev–Trinajstić information content (AvgIpc) is 2.53. The van der Waals surface area contributed by atoms with Crippen molar-refractivity contribution < 1.29 is 17.9 Å². The van der Waals surface area contributed by atoms with Crippen LogP contribution in [0.15, 0.2) is 41.3 Å². The van der Waals surface area contributed by atoms with Crippen LogP contribution in [0, 0.1) is 13.8 Å². The van der Waals surface area contributed by atoms with Crippen molar-refractivity contribution in [2.45, 2.75) is 25.3 Å². The second kappa shape index (κ2) is 7.02. The Kier molecular flexibility index (Phi) is 5.28. The van der Waals surface area contributed by atoms with Gasteiger partial charge in [0.15, 0.2) is 11.5 Å². The van der Waals surface area contributed by atoms with Gasteiger partial charge in [0.05, 0.1) is 19.1 Å². The first-order valence-corrected chi connectivity index (χ1v) is 8.64. The first-order chi connectivity index (χ1) is 10.9. The highest BCUT2D eigenvalue weighted by Gasteiger charge is 2.17.